The van der Waals surface area contributed by atoms with Gasteiger partial charge in [-0.05, 0) is 30.7 Å². The first-order chi connectivity index (χ1) is 10.2. The van der Waals surface area contributed by atoms with Crippen LogP contribution in [0.5, 0.6) is 0 Å². The van der Waals surface area contributed by atoms with E-state index < -0.39 is 0 Å². The monoisotopic (exact) mass is 298 g/mol. The molecule has 2 aromatic heterocycles. The molecular formula is C16H15ClN4. The van der Waals surface area contributed by atoms with Gasteiger partial charge in [-0.3, -0.25) is 0 Å². The molecule has 1 aromatic carbocycles. The maximum Gasteiger partial charge on any atom is 0.140 e. The third-order valence-electron chi connectivity index (χ3n) is 3.23. The van der Waals surface area contributed by atoms with Crippen molar-refractivity contribution in [3.05, 3.63) is 54.4 Å². The van der Waals surface area contributed by atoms with Crippen LogP contribution in [-0.2, 0) is 0 Å². The highest BCUT2D eigenvalue weighted by Gasteiger charge is 2.06. The number of fused-ring (bicyclic) bond motifs is 1. The minimum absolute atomic E-state index is 0.220. The second-order valence-corrected chi connectivity index (χ2v) is 5.10. The number of nitrogens with two attached hydrogens (primary N) is 1. The van der Waals surface area contributed by atoms with Gasteiger partial charge in [0.2, 0.25) is 0 Å². The second-order valence-electron chi connectivity index (χ2n) is 4.84. The van der Waals surface area contributed by atoms with Gasteiger partial charge in [0, 0.05) is 18.0 Å². The fraction of sp³-hybridized carbons (Fsp3) is 0.125. The highest BCUT2D eigenvalue weighted by atomic mass is 35.5. The largest absolute Gasteiger partial charge is 0.386 e. The highest BCUT2D eigenvalue weighted by molar-refractivity contribution is 6.28. The average molecular weight is 299 g/mol. The Kier molecular flexibility index (Phi) is 3.62. The van der Waals surface area contributed by atoms with E-state index in [1.165, 1.54) is 0 Å². The fourth-order valence-electron chi connectivity index (χ4n) is 2.22. The molecule has 0 radical (unpaired) electrons. The lowest BCUT2D eigenvalue weighted by Crippen LogP contribution is -2.12. The maximum absolute atomic E-state index is 5.67. The van der Waals surface area contributed by atoms with E-state index in [9.17, 15) is 0 Å². The summed E-state index contributed by atoms with van der Waals surface area (Å²) in [7, 11) is 0. The van der Waals surface area contributed by atoms with Gasteiger partial charge >= 0.3 is 0 Å². The summed E-state index contributed by atoms with van der Waals surface area (Å²) in [5.41, 5.74) is 10.5. The summed E-state index contributed by atoms with van der Waals surface area (Å²) in [6.45, 7) is 2.05. The third-order valence-corrected chi connectivity index (χ3v) is 3.50. The molecule has 5 heteroatoms. The summed E-state index contributed by atoms with van der Waals surface area (Å²) < 4.78 is 2.02. The van der Waals surface area contributed by atoms with Gasteiger partial charge in [0.25, 0.3) is 0 Å². The highest BCUT2D eigenvalue weighted by Crippen LogP contribution is 2.24. The van der Waals surface area contributed by atoms with Crippen LogP contribution in [0.15, 0.2) is 53.8 Å². The van der Waals surface area contributed by atoms with Gasteiger partial charge in [0.1, 0.15) is 11.5 Å². The summed E-state index contributed by atoms with van der Waals surface area (Å²) in [5.74, 6) is 0.622. The van der Waals surface area contributed by atoms with Crippen LogP contribution in [0.4, 0.5) is 5.69 Å². The zero-order valence-corrected chi connectivity index (χ0v) is 12.4. The molecule has 21 heavy (non-hydrogen) atoms. The van der Waals surface area contributed by atoms with Gasteiger partial charge in [-0.1, -0.05) is 18.2 Å². The Hall–Kier alpha value is -2.33. The van der Waals surface area contributed by atoms with Crippen molar-refractivity contribution >= 4 is 28.8 Å². The van der Waals surface area contributed by atoms with Crippen molar-refractivity contribution in [1.29, 1.82) is 0 Å². The zero-order valence-electron chi connectivity index (χ0n) is 11.6. The van der Waals surface area contributed by atoms with Gasteiger partial charge in [-0.2, -0.15) is 0 Å². The van der Waals surface area contributed by atoms with Crippen molar-refractivity contribution in [2.75, 3.05) is 5.88 Å². The fourth-order valence-corrected chi connectivity index (χ4v) is 2.28. The Labute approximate surface area is 127 Å². The number of amidine groups is 1. The van der Waals surface area contributed by atoms with Crippen molar-refractivity contribution in [3.8, 4) is 11.3 Å². The van der Waals surface area contributed by atoms with Crippen LogP contribution < -0.4 is 5.73 Å². The van der Waals surface area contributed by atoms with Crippen LogP contribution in [0, 0.1) is 6.92 Å². The molecular weight excluding hydrogens is 284 g/mol. The van der Waals surface area contributed by atoms with Gasteiger partial charge in [0.15, 0.2) is 0 Å². The normalized spacial score (nSPS) is 12.0. The molecule has 2 N–H and O–H groups in total. The van der Waals surface area contributed by atoms with E-state index in [2.05, 4.69) is 9.98 Å². The number of aryl methyl sites for hydroxylation is 1. The molecule has 0 amide bonds. The van der Waals surface area contributed by atoms with E-state index in [1.54, 1.807) is 0 Å². The van der Waals surface area contributed by atoms with Crippen molar-refractivity contribution in [2.24, 2.45) is 10.7 Å². The van der Waals surface area contributed by atoms with Gasteiger partial charge in [0.05, 0.1) is 17.3 Å². The van der Waals surface area contributed by atoms with Crippen LogP contribution in [0.1, 0.15) is 5.56 Å². The summed E-state index contributed by atoms with van der Waals surface area (Å²) in [5, 5.41) is 0. The third kappa shape index (κ3) is 2.76. The molecule has 0 fully saturated rings. The molecule has 0 saturated carbocycles. The first-order valence-corrected chi connectivity index (χ1v) is 7.14. The summed E-state index contributed by atoms with van der Waals surface area (Å²) in [6.07, 6.45) is 4.00. The molecule has 0 aliphatic heterocycles. The van der Waals surface area contributed by atoms with E-state index >= 15 is 0 Å². The summed E-state index contributed by atoms with van der Waals surface area (Å²) in [4.78, 5) is 8.94. The smallest absolute Gasteiger partial charge is 0.140 e. The molecule has 0 bridgehead atoms. The number of aromatic nitrogens is 2. The molecule has 0 unspecified atom stereocenters. The molecule has 4 nitrogen and oxygen atoms in total. The molecule has 0 aliphatic rings. The number of benzene rings is 1. The van der Waals surface area contributed by atoms with E-state index in [-0.39, 0.29) is 5.88 Å². The molecule has 0 aliphatic carbocycles. The molecule has 106 valence electrons. The van der Waals surface area contributed by atoms with Crippen molar-refractivity contribution in [2.45, 2.75) is 6.92 Å². The molecule has 0 atom stereocenters. The molecule has 3 aromatic rings. The van der Waals surface area contributed by atoms with E-state index in [4.69, 9.17) is 17.3 Å². The van der Waals surface area contributed by atoms with Gasteiger partial charge in [-0.15, -0.1) is 11.6 Å². The van der Waals surface area contributed by atoms with Crippen LogP contribution >= 0.6 is 11.6 Å². The summed E-state index contributed by atoms with van der Waals surface area (Å²) >= 11 is 5.66. The van der Waals surface area contributed by atoms with E-state index in [0.29, 0.717) is 5.84 Å². The van der Waals surface area contributed by atoms with Gasteiger partial charge in [-0.25, -0.2) is 9.98 Å². The van der Waals surface area contributed by atoms with Crippen molar-refractivity contribution in [3.63, 3.8) is 0 Å². The lowest BCUT2D eigenvalue weighted by molar-refractivity contribution is 1.16. The molecule has 0 spiro atoms. The minimum atomic E-state index is 0.220. The second kappa shape index (κ2) is 5.58. The molecule has 0 saturated heterocycles. The number of hydrogen-bond donors (Lipinski definition) is 1. The lowest BCUT2D eigenvalue weighted by atomic mass is 10.1. The van der Waals surface area contributed by atoms with Crippen molar-refractivity contribution < 1.29 is 0 Å². The summed E-state index contributed by atoms with van der Waals surface area (Å²) in [6, 6.07) is 11.9. The van der Waals surface area contributed by atoms with E-state index in [0.717, 1.165) is 28.2 Å². The number of aliphatic imine (C=N–C) groups is 1. The SMILES string of the molecule is Cc1cccn2cc(-c3cccc(N=C(N)CCl)c3)nc12. The predicted octanol–water partition coefficient (Wildman–Crippen LogP) is 3.54. The van der Waals surface area contributed by atoms with Crippen molar-refractivity contribution in [1.82, 2.24) is 9.38 Å². The minimum Gasteiger partial charge on any atom is -0.386 e. The number of nitrogens with zero attached hydrogens (tertiary/aromatic N) is 3. The number of pyridine rings is 1. The Balaban J connectivity index is 2.06. The predicted molar refractivity (Wildman–Crippen MR) is 87.4 cm³/mol. The number of hydrogen-bond acceptors (Lipinski definition) is 2. The Morgan fingerprint density at radius 3 is 2.95 bits per heavy atom. The first kappa shape index (κ1) is 13.6. The number of alkyl halides is 1. The zero-order chi connectivity index (χ0) is 14.8. The maximum atomic E-state index is 5.67. The number of rotatable bonds is 3. The quantitative estimate of drug-likeness (QED) is 0.457. The van der Waals surface area contributed by atoms with Crippen LogP contribution in [0.25, 0.3) is 16.9 Å². The standard InChI is InChI=1S/C16H15ClN4/c1-11-4-3-7-21-10-14(20-16(11)21)12-5-2-6-13(8-12)19-15(18)9-17/h2-8,10H,9H2,1H3,(H2,18,19). The molecule has 3 rings (SSSR count). The Morgan fingerprint density at radius 1 is 1.33 bits per heavy atom. The number of halogens is 1. The molecule has 2 heterocycles. The topological polar surface area (TPSA) is 55.7 Å². The van der Waals surface area contributed by atoms with Crippen LogP contribution in [0.2, 0.25) is 0 Å². The number of imidazole rings is 1. The van der Waals surface area contributed by atoms with E-state index in [1.807, 2.05) is 60.1 Å². The lowest BCUT2D eigenvalue weighted by Gasteiger charge is -2.00. The van der Waals surface area contributed by atoms with Crippen LogP contribution in [-0.4, -0.2) is 21.1 Å². The Morgan fingerprint density at radius 2 is 2.19 bits per heavy atom. The van der Waals surface area contributed by atoms with Crippen LogP contribution in [0.3, 0.4) is 0 Å². The average Bonchev–Trinajstić information content (AvgIpc) is 2.93. The first-order valence-electron chi connectivity index (χ1n) is 6.61. The van der Waals surface area contributed by atoms with Gasteiger partial charge < -0.3 is 10.1 Å². The Bertz CT molecular complexity index is 820.